The number of hydrogen-bond acceptors (Lipinski definition) is 3. The van der Waals surface area contributed by atoms with Crippen molar-refractivity contribution < 1.29 is 9.53 Å². The Morgan fingerprint density at radius 2 is 2.06 bits per heavy atom. The van der Waals surface area contributed by atoms with Crippen LogP contribution in [0.15, 0.2) is 18.2 Å². The molecule has 18 heavy (non-hydrogen) atoms. The zero-order chi connectivity index (χ0) is 13.8. The Hall–Kier alpha value is -1.22. The van der Waals surface area contributed by atoms with Gasteiger partial charge in [-0.15, -0.1) is 0 Å². The predicted octanol–water partition coefficient (Wildman–Crippen LogP) is 3.79. The third kappa shape index (κ3) is 5.41. The van der Waals surface area contributed by atoms with Crippen LogP contribution in [0.2, 0.25) is 5.02 Å². The van der Waals surface area contributed by atoms with E-state index in [1.54, 1.807) is 0 Å². The molecular weight excluding hydrogens is 250 g/mol. The van der Waals surface area contributed by atoms with E-state index in [1.165, 1.54) is 0 Å². The average Bonchev–Trinajstić information content (AvgIpc) is 2.20. The highest BCUT2D eigenvalue weighted by Crippen LogP contribution is 2.19. The van der Waals surface area contributed by atoms with Gasteiger partial charge in [-0.25, -0.2) is 0 Å². The molecular formula is C14H20ClNO2. The van der Waals surface area contributed by atoms with E-state index in [9.17, 15) is 4.79 Å². The molecule has 0 radical (unpaired) electrons. The maximum absolute atomic E-state index is 11.5. The molecule has 100 valence electrons. The summed E-state index contributed by atoms with van der Waals surface area (Å²) in [4.78, 5) is 11.5. The molecule has 0 aliphatic rings. The van der Waals surface area contributed by atoms with Crippen molar-refractivity contribution >= 4 is 23.3 Å². The maximum Gasteiger partial charge on any atom is 0.308 e. The fourth-order valence-electron chi connectivity index (χ4n) is 1.40. The van der Waals surface area contributed by atoms with Gasteiger partial charge in [0.25, 0.3) is 0 Å². The Bertz CT molecular complexity index is 424. The van der Waals surface area contributed by atoms with E-state index in [0.717, 1.165) is 16.3 Å². The average molecular weight is 270 g/mol. The molecule has 4 heteroatoms. The molecule has 0 spiro atoms. The van der Waals surface area contributed by atoms with Crippen molar-refractivity contribution in [2.75, 3.05) is 11.9 Å². The number of benzene rings is 1. The Balaban J connectivity index is 2.38. The summed E-state index contributed by atoms with van der Waals surface area (Å²) in [6, 6.07) is 5.74. The summed E-state index contributed by atoms with van der Waals surface area (Å²) >= 11 is 6.01. The molecule has 0 aliphatic heterocycles. The summed E-state index contributed by atoms with van der Waals surface area (Å²) in [6.07, 6.45) is 0.336. The van der Waals surface area contributed by atoms with Crippen LogP contribution in [0.4, 0.5) is 5.69 Å². The summed E-state index contributed by atoms with van der Waals surface area (Å²) in [5, 5.41) is 3.86. The van der Waals surface area contributed by atoms with E-state index >= 15 is 0 Å². The first-order valence-electron chi connectivity index (χ1n) is 6.00. The largest absolute Gasteiger partial charge is 0.460 e. The summed E-state index contributed by atoms with van der Waals surface area (Å²) in [7, 11) is 0. The molecule has 0 unspecified atom stereocenters. The monoisotopic (exact) mass is 269 g/mol. The van der Waals surface area contributed by atoms with Crippen LogP contribution in [0.5, 0.6) is 0 Å². The van der Waals surface area contributed by atoms with E-state index in [2.05, 4.69) is 5.32 Å². The second kappa shape index (κ2) is 6.10. The number of carbonyl (C=O) groups excluding carboxylic acids is 1. The molecule has 1 N–H and O–H groups in total. The van der Waals surface area contributed by atoms with Gasteiger partial charge in [-0.1, -0.05) is 17.7 Å². The van der Waals surface area contributed by atoms with Gasteiger partial charge in [-0.05, 0) is 45.4 Å². The Kier molecular flexibility index (Phi) is 5.03. The highest BCUT2D eigenvalue weighted by molar-refractivity contribution is 6.31. The van der Waals surface area contributed by atoms with Gasteiger partial charge in [-0.3, -0.25) is 4.79 Å². The first-order valence-corrected chi connectivity index (χ1v) is 6.37. The van der Waals surface area contributed by atoms with Gasteiger partial charge in [0.2, 0.25) is 0 Å². The van der Waals surface area contributed by atoms with Crippen LogP contribution >= 0.6 is 11.6 Å². The van der Waals surface area contributed by atoms with Crippen LogP contribution in [0, 0.1) is 6.92 Å². The zero-order valence-corrected chi connectivity index (χ0v) is 12.1. The topological polar surface area (TPSA) is 38.3 Å². The second-order valence-corrected chi connectivity index (χ2v) is 5.63. The summed E-state index contributed by atoms with van der Waals surface area (Å²) in [5.41, 5.74) is 1.52. The lowest BCUT2D eigenvalue weighted by Gasteiger charge is -2.19. The van der Waals surface area contributed by atoms with Crippen molar-refractivity contribution in [2.45, 2.75) is 39.7 Å². The summed E-state index contributed by atoms with van der Waals surface area (Å²) in [6.45, 7) is 8.06. The van der Waals surface area contributed by atoms with E-state index in [-0.39, 0.29) is 5.97 Å². The third-order valence-electron chi connectivity index (χ3n) is 2.25. The van der Waals surface area contributed by atoms with Crippen molar-refractivity contribution in [3.05, 3.63) is 28.8 Å². The lowest BCUT2D eigenvalue weighted by molar-refractivity contribution is -0.154. The van der Waals surface area contributed by atoms with Gasteiger partial charge in [0.15, 0.2) is 0 Å². The number of esters is 1. The number of ether oxygens (including phenoxy) is 1. The molecule has 0 aliphatic carbocycles. The number of aryl methyl sites for hydroxylation is 1. The maximum atomic E-state index is 11.5. The zero-order valence-electron chi connectivity index (χ0n) is 11.3. The minimum Gasteiger partial charge on any atom is -0.460 e. The highest BCUT2D eigenvalue weighted by atomic mass is 35.5. The number of rotatable bonds is 4. The molecule has 0 saturated heterocycles. The molecule has 3 nitrogen and oxygen atoms in total. The smallest absolute Gasteiger partial charge is 0.308 e. The first kappa shape index (κ1) is 14.8. The molecule has 0 aromatic heterocycles. The SMILES string of the molecule is Cc1ccc(NCCC(=O)OC(C)(C)C)cc1Cl. The fraction of sp³-hybridized carbons (Fsp3) is 0.500. The Morgan fingerprint density at radius 1 is 1.39 bits per heavy atom. The molecule has 0 amide bonds. The van der Waals surface area contributed by atoms with Crippen molar-refractivity contribution in [1.82, 2.24) is 0 Å². The molecule has 0 fully saturated rings. The quantitative estimate of drug-likeness (QED) is 0.845. The summed E-state index contributed by atoms with van der Waals surface area (Å²) in [5.74, 6) is -0.201. The molecule has 1 aromatic rings. The van der Waals surface area contributed by atoms with Crippen molar-refractivity contribution in [3.8, 4) is 0 Å². The Labute approximate surface area is 113 Å². The first-order chi connectivity index (χ1) is 8.28. The molecule has 1 aromatic carbocycles. The van der Waals surface area contributed by atoms with Crippen LogP contribution in [0.25, 0.3) is 0 Å². The Morgan fingerprint density at radius 3 is 2.61 bits per heavy atom. The van der Waals surface area contributed by atoms with Gasteiger partial charge in [0.05, 0.1) is 6.42 Å². The molecule has 0 bridgehead atoms. The number of hydrogen-bond donors (Lipinski definition) is 1. The van der Waals surface area contributed by atoms with Gasteiger partial charge in [0.1, 0.15) is 5.60 Å². The lowest BCUT2D eigenvalue weighted by atomic mass is 10.2. The van der Waals surface area contributed by atoms with Crippen molar-refractivity contribution in [2.24, 2.45) is 0 Å². The number of halogens is 1. The molecule has 0 atom stereocenters. The number of carbonyl (C=O) groups is 1. The normalized spacial score (nSPS) is 11.2. The molecule has 0 saturated carbocycles. The third-order valence-corrected chi connectivity index (χ3v) is 2.66. The molecule has 0 heterocycles. The van der Waals surface area contributed by atoms with Gasteiger partial charge in [-0.2, -0.15) is 0 Å². The van der Waals surface area contributed by atoms with Crippen LogP contribution < -0.4 is 5.32 Å². The van der Waals surface area contributed by atoms with E-state index < -0.39 is 5.60 Å². The lowest BCUT2D eigenvalue weighted by Crippen LogP contribution is -2.25. The van der Waals surface area contributed by atoms with Crippen LogP contribution in [-0.2, 0) is 9.53 Å². The van der Waals surface area contributed by atoms with E-state index in [4.69, 9.17) is 16.3 Å². The fourth-order valence-corrected chi connectivity index (χ4v) is 1.58. The second-order valence-electron chi connectivity index (χ2n) is 5.23. The van der Waals surface area contributed by atoms with Gasteiger partial charge < -0.3 is 10.1 Å². The predicted molar refractivity (Wildman–Crippen MR) is 75.1 cm³/mol. The highest BCUT2D eigenvalue weighted by Gasteiger charge is 2.15. The number of nitrogens with one attached hydrogen (secondary N) is 1. The standard InChI is InChI=1S/C14H20ClNO2/c1-10-5-6-11(9-12(10)15)16-8-7-13(17)18-14(2,3)4/h5-6,9,16H,7-8H2,1-4H3. The minimum atomic E-state index is -0.426. The number of anilines is 1. The van der Waals surface area contributed by atoms with Crippen LogP contribution in [-0.4, -0.2) is 18.1 Å². The molecule has 1 rings (SSSR count). The van der Waals surface area contributed by atoms with E-state index in [1.807, 2.05) is 45.9 Å². The van der Waals surface area contributed by atoms with Crippen molar-refractivity contribution in [1.29, 1.82) is 0 Å². The van der Waals surface area contributed by atoms with Crippen molar-refractivity contribution in [3.63, 3.8) is 0 Å². The van der Waals surface area contributed by atoms with Crippen LogP contribution in [0.1, 0.15) is 32.8 Å². The minimum absolute atomic E-state index is 0.201. The van der Waals surface area contributed by atoms with Gasteiger partial charge in [0, 0.05) is 17.3 Å². The van der Waals surface area contributed by atoms with E-state index in [0.29, 0.717) is 13.0 Å². The van der Waals surface area contributed by atoms with Crippen LogP contribution in [0.3, 0.4) is 0 Å². The summed E-state index contributed by atoms with van der Waals surface area (Å²) < 4.78 is 5.21. The van der Waals surface area contributed by atoms with Gasteiger partial charge >= 0.3 is 5.97 Å².